The van der Waals surface area contributed by atoms with Gasteiger partial charge in [-0.1, -0.05) is 55.8 Å². The molecule has 0 unspecified atom stereocenters. The first-order valence-corrected chi connectivity index (χ1v) is 5.65. The van der Waals surface area contributed by atoms with E-state index in [4.69, 9.17) is 0 Å². The van der Waals surface area contributed by atoms with Gasteiger partial charge in [-0.25, -0.2) is 4.39 Å². The van der Waals surface area contributed by atoms with Crippen LogP contribution in [0.5, 0.6) is 0 Å². The maximum atomic E-state index is 13.7. The molecule has 2 aromatic carbocycles. The molecule has 0 radical (unpaired) electrons. The van der Waals surface area contributed by atoms with Gasteiger partial charge in [0.1, 0.15) is 5.82 Å². The van der Waals surface area contributed by atoms with Crippen LogP contribution in [0.2, 0.25) is 0 Å². The van der Waals surface area contributed by atoms with Crippen molar-refractivity contribution in [1.82, 2.24) is 0 Å². The van der Waals surface area contributed by atoms with Crippen LogP contribution in [-0.2, 0) is 6.42 Å². The Labute approximate surface area is 95.7 Å². The smallest absolute Gasteiger partial charge is 0.127 e. The Bertz CT molecular complexity index is 460. The van der Waals surface area contributed by atoms with E-state index in [1.165, 1.54) is 6.07 Å². The topological polar surface area (TPSA) is 0 Å². The van der Waals surface area contributed by atoms with Gasteiger partial charge >= 0.3 is 0 Å². The summed E-state index contributed by atoms with van der Waals surface area (Å²) in [6.45, 7) is 2.07. The van der Waals surface area contributed by atoms with Gasteiger partial charge in [-0.05, 0) is 29.2 Å². The lowest BCUT2D eigenvalue weighted by molar-refractivity contribution is 0.608. The summed E-state index contributed by atoms with van der Waals surface area (Å²) in [5.41, 5.74) is 2.93. The van der Waals surface area contributed by atoms with Gasteiger partial charge in [0.15, 0.2) is 0 Å². The van der Waals surface area contributed by atoms with Crippen molar-refractivity contribution in [2.24, 2.45) is 0 Å². The van der Waals surface area contributed by atoms with Gasteiger partial charge in [0, 0.05) is 0 Å². The average molecular weight is 214 g/mol. The average Bonchev–Trinajstić information content (AvgIpc) is 2.33. The van der Waals surface area contributed by atoms with E-state index >= 15 is 0 Å². The van der Waals surface area contributed by atoms with Crippen molar-refractivity contribution in [1.29, 1.82) is 0 Å². The molecule has 0 aliphatic rings. The lowest BCUT2D eigenvalue weighted by Gasteiger charge is -2.09. The second-order valence-electron chi connectivity index (χ2n) is 3.88. The van der Waals surface area contributed by atoms with Gasteiger partial charge in [0.2, 0.25) is 0 Å². The summed E-state index contributed by atoms with van der Waals surface area (Å²) < 4.78 is 13.7. The largest absolute Gasteiger partial charge is 0.207 e. The summed E-state index contributed by atoms with van der Waals surface area (Å²) in [4.78, 5) is 0. The zero-order valence-electron chi connectivity index (χ0n) is 9.41. The fraction of sp³-hybridized carbons (Fsp3) is 0.200. The van der Waals surface area contributed by atoms with E-state index in [1.54, 1.807) is 6.07 Å². The van der Waals surface area contributed by atoms with E-state index in [2.05, 4.69) is 6.92 Å². The molecule has 2 rings (SSSR count). The van der Waals surface area contributed by atoms with Crippen LogP contribution >= 0.6 is 0 Å². The van der Waals surface area contributed by atoms with E-state index in [-0.39, 0.29) is 5.82 Å². The van der Waals surface area contributed by atoms with E-state index < -0.39 is 0 Å². The van der Waals surface area contributed by atoms with E-state index in [9.17, 15) is 4.39 Å². The molecule has 82 valence electrons. The molecular formula is C15H15F. The molecule has 0 heterocycles. The van der Waals surface area contributed by atoms with Crippen molar-refractivity contribution in [3.05, 3.63) is 59.9 Å². The van der Waals surface area contributed by atoms with Gasteiger partial charge in [-0.3, -0.25) is 0 Å². The monoisotopic (exact) mass is 214 g/mol. The second-order valence-corrected chi connectivity index (χ2v) is 3.88. The van der Waals surface area contributed by atoms with Gasteiger partial charge in [0.05, 0.1) is 0 Å². The molecule has 0 nitrogen and oxygen atoms in total. The van der Waals surface area contributed by atoms with Crippen molar-refractivity contribution < 1.29 is 4.39 Å². The highest BCUT2D eigenvalue weighted by atomic mass is 19.1. The third-order valence-electron chi connectivity index (χ3n) is 2.70. The van der Waals surface area contributed by atoms with Crippen molar-refractivity contribution in [3.63, 3.8) is 0 Å². The molecule has 0 bridgehead atoms. The Morgan fingerprint density at radius 3 is 2.38 bits per heavy atom. The standard InChI is InChI=1S/C15H15F/c1-2-7-14-13(10-6-11-15(14)16)12-8-4-3-5-9-12/h3-6,8-11H,2,7H2,1H3. The van der Waals surface area contributed by atoms with Crippen LogP contribution in [0.25, 0.3) is 11.1 Å². The first-order chi connectivity index (χ1) is 7.83. The predicted molar refractivity (Wildman–Crippen MR) is 65.8 cm³/mol. The van der Waals surface area contributed by atoms with Gasteiger partial charge in [-0.15, -0.1) is 0 Å². The highest BCUT2D eigenvalue weighted by Crippen LogP contribution is 2.26. The molecule has 0 saturated carbocycles. The van der Waals surface area contributed by atoms with Crippen LogP contribution in [0, 0.1) is 5.82 Å². The Morgan fingerprint density at radius 1 is 0.938 bits per heavy atom. The number of halogens is 1. The molecule has 0 aliphatic carbocycles. The molecule has 1 heteroatoms. The number of rotatable bonds is 3. The summed E-state index contributed by atoms with van der Waals surface area (Å²) in [7, 11) is 0. The van der Waals surface area contributed by atoms with Crippen molar-refractivity contribution in [2.45, 2.75) is 19.8 Å². The molecule has 0 saturated heterocycles. The SMILES string of the molecule is CCCc1c(F)cccc1-c1ccccc1. The molecule has 0 amide bonds. The Hall–Kier alpha value is -1.63. The van der Waals surface area contributed by atoms with Crippen LogP contribution in [0.4, 0.5) is 4.39 Å². The minimum atomic E-state index is -0.0943. The third-order valence-corrected chi connectivity index (χ3v) is 2.70. The molecule has 16 heavy (non-hydrogen) atoms. The van der Waals surface area contributed by atoms with E-state index in [0.29, 0.717) is 0 Å². The van der Waals surface area contributed by atoms with Gasteiger partial charge in [-0.2, -0.15) is 0 Å². The fourth-order valence-electron chi connectivity index (χ4n) is 1.95. The fourth-order valence-corrected chi connectivity index (χ4v) is 1.95. The normalized spacial score (nSPS) is 10.4. The van der Waals surface area contributed by atoms with E-state index in [0.717, 1.165) is 29.5 Å². The van der Waals surface area contributed by atoms with Crippen LogP contribution in [-0.4, -0.2) is 0 Å². The number of benzene rings is 2. The molecule has 0 aromatic heterocycles. The summed E-state index contributed by atoms with van der Waals surface area (Å²) in [5, 5.41) is 0. The third kappa shape index (κ3) is 2.13. The highest BCUT2D eigenvalue weighted by Gasteiger charge is 2.08. The minimum absolute atomic E-state index is 0.0943. The quantitative estimate of drug-likeness (QED) is 0.708. The van der Waals surface area contributed by atoms with E-state index in [1.807, 2.05) is 36.4 Å². The van der Waals surface area contributed by atoms with Crippen LogP contribution in [0.1, 0.15) is 18.9 Å². The van der Waals surface area contributed by atoms with Crippen LogP contribution < -0.4 is 0 Å². The Balaban J connectivity index is 2.52. The lowest BCUT2D eigenvalue weighted by atomic mass is 9.96. The van der Waals surface area contributed by atoms with Crippen molar-refractivity contribution in [2.75, 3.05) is 0 Å². The van der Waals surface area contributed by atoms with Gasteiger partial charge in [0.25, 0.3) is 0 Å². The van der Waals surface area contributed by atoms with Crippen LogP contribution in [0.3, 0.4) is 0 Å². The summed E-state index contributed by atoms with van der Waals surface area (Å²) in [6.07, 6.45) is 1.75. The molecule has 0 spiro atoms. The molecule has 0 N–H and O–H groups in total. The van der Waals surface area contributed by atoms with Crippen LogP contribution in [0.15, 0.2) is 48.5 Å². The minimum Gasteiger partial charge on any atom is -0.207 e. The van der Waals surface area contributed by atoms with Crippen molar-refractivity contribution >= 4 is 0 Å². The summed E-state index contributed by atoms with van der Waals surface area (Å²) in [5.74, 6) is -0.0943. The van der Waals surface area contributed by atoms with Gasteiger partial charge < -0.3 is 0 Å². The summed E-state index contributed by atoms with van der Waals surface area (Å²) in [6, 6.07) is 15.3. The molecule has 0 aliphatic heterocycles. The maximum Gasteiger partial charge on any atom is 0.127 e. The number of hydrogen-bond donors (Lipinski definition) is 0. The predicted octanol–water partition coefficient (Wildman–Crippen LogP) is 4.45. The molecular weight excluding hydrogens is 199 g/mol. The first kappa shape index (κ1) is 10.9. The molecule has 0 fully saturated rings. The first-order valence-electron chi connectivity index (χ1n) is 5.65. The maximum absolute atomic E-state index is 13.7. The Kier molecular flexibility index (Phi) is 3.35. The highest BCUT2D eigenvalue weighted by molar-refractivity contribution is 5.67. The molecule has 2 aromatic rings. The zero-order valence-corrected chi connectivity index (χ0v) is 9.41. The second kappa shape index (κ2) is 4.93. The lowest BCUT2D eigenvalue weighted by Crippen LogP contribution is -1.93. The van der Waals surface area contributed by atoms with Crippen molar-refractivity contribution in [3.8, 4) is 11.1 Å². The molecule has 0 atom stereocenters. The zero-order chi connectivity index (χ0) is 11.4. The Morgan fingerprint density at radius 2 is 1.69 bits per heavy atom. The summed E-state index contributed by atoms with van der Waals surface area (Å²) >= 11 is 0. The number of hydrogen-bond acceptors (Lipinski definition) is 0.